The van der Waals surface area contributed by atoms with E-state index in [-0.39, 0.29) is 11.5 Å². The Morgan fingerprint density at radius 2 is 1.66 bits per heavy atom. The van der Waals surface area contributed by atoms with Gasteiger partial charge in [-0.1, -0.05) is 42.5 Å². The van der Waals surface area contributed by atoms with Crippen LogP contribution in [0.1, 0.15) is 19.8 Å². The molecule has 1 aliphatic heterocycles. The highest BCUT2D eigenvalue weighted by atomic mass is 16.1. The quantitative estimate of drug-likeness (QED) is 0.413. The predicted octanol–water partition coefficient (Wildman–Crippen LogP) is 4.11. The van der Waals surface area contributed by atoms with Crippen LogP contribution in [0.25, 0.3) is 21.5 Å². The summed E-state index contributed by atoms with van der Waals surface area (Å²) >= 11 is 0. The standard InChI is InChI=1S/C28H31N5O2/c1-21(34)30-24-12-11-23-20-29-33(28(35)26(23)19-24)14-5-4-13-31-15-17-32(18-16-31)27-10-6-8-22-7-2-3-9-25(22)27/h2-3,6-12,19-20H,4-5,13-18H2,1H3,(H,30,34). The number of rotatable bonds is 7. The molecule has 3 aromatic carbocycles. The van der Waals surface area contributed by atoms with E-state index in [1.165, 1.54) is 23.4 Å². The molecule has 1 saturated heterocycles. The lowest BCUT2D eigenvalue weighted by atomic mass is 10.1. The molecule has 0 bridgehead atoms. The van der Waals surface area contributed by atoms with E-state index in [1.54, 1.807) is 23.0 Å². The number of piperazine rings is 1. The minimum Gasteiger partial charge on any atom is -0.368 e. The highest BCUT2D eigenvalue weighted by molar-refractivity contribution is 5.94. The molecule has 0 atom stereocenters. The lowest BCUT2D eigenvalue weighted by molar-refractivity contribution is -0.114. The zero-order chi connectivity index (χ0) is 24.2. The average molecular weight is 470 g/mol. The third kappa shape index (κ3) is 5.20. The fourth-order valence-corrected chi connectivity index (χ4v) is 4.91. The van der Waals surface area contributed by atoms with E-state index in [1.807, 2.05) is 6.07 Å². The van der Waals surface area contributed by atoms with Crippen molar-refractivity contribution >= 4 is 38.8 Å². The Kier molecular flexibility index (Phi) is 6.77. The Bertz CT molecular complexity index is 1400. The summed E-state index contributed by atoms with van der Waals surface area (Å²) in [5, 5.41) is 11.1. The molecular weight excluding hydrogens is 438 g/mol. The molecule has 4 aromatic rings. The molecule has 0 saturated carbocycles. The summed E-state index contributed by atoms with van der Waals surface area (Å²) in [5.41, 5.74) is 1.84. The number of benzene rings is 3. The fraction of sp³-hybridized carbons (Fsp3) is 0.321. The van der Waals surface area contributed by atoms with Crippen molar-refractivity contribution < 1.29 is 4.79 Å². The van der Waals surface area contributed by atoms with Gasteiger partial charge in [-0.15, -0.1) is 0 Å². The van der Waals surface area contributed by atoms with Crippen LogP contribution in [-0.2, 0) is 11.3 Å². The van der Waals surface area contributed by atoms with Gasteiger partial charge < -0.3 is 10.2 Å². The van der Waals surface area contributed by atoms with Gasteiger partial charge in [0.15, 0.2) is 0 Å². The number of anilines is 2. The van der Waals surface area contributed by atoms with Crippen LogP contribution < -0.4 is 15.8 Å². The van der Waals surface area contributed by atoms with Gasteiger partial charge in [0.05, 0.1) is 11.6 Å². The number of fused-ring (bicyclic) bond motifs is 2. The fourth-order valence-electron chi connectivity index (χ4n) is 4.91. The molecule has 1 aliphatic rings. The van der Waals surface area contributed by atoms with E-state index < -0.39 is 0 Å². The second kappa shape index (κ2) is 10.3. The predicted molar refractivity (Wildman–Crippen MR) is 142 cm³/mol. The first-order chi connectivity index (χ1) is 17.1. The lowest BCUT2D eigenvalue weighted by Crippen LogP contribution is -2.46. The lowest BCUT2D eigenvalue weighted by Gasteiger charge is -2.36. The van der Waals surface area contributed by atoms with Crippen LogP contribution in [0.5, 0.6) is 0 Å². The molecule has 5 rings (SSSR count). The zero-order valence-electron chi connectivity index (χ0n) is 20.1. The van der Waals surface area contributed by atoms with E-state index in [4.69, 9.17) is 0 Å². The van der Waals surface area contributed by atoms with E-state index in [0.29, 0.717) is 17.6 Å². The van der Waals surface area contributed by atoms with Crippen molar-refractivity contribution in [3.05, 3.63) is 77.2 Å². The first kappa shape index (κ1) is 23.1. The molecule has 180 valence electrons. The first-order valence-electron chi connectivity index (χ1n) is 12.3. The van der Waals surface area contributed by atoms with Crippen LogP contribution in [0.15, 0.2) is 71.7 Å². The molecule has 1 fully saturated rings. The Hall–Kier alpha value is -3.71. The van der Waals surface area contributed by atoms with Crippen LogP contribution in [0.4, 0.5) is 11.4 Å². The van der Waals surface area contributed by atoms with Crippen LogP contribution in [0, 0.1) is 0 Å². The highest BCUT2D eigenvalue weighted by Crippen LogP contribution is 2.27. The Morgan fingerprint density at radius 3 is 2.49 bits per heavy atom. The van der Waals surface area contributed by atoms with Crippen LogP contribution in [0.3, 0.4) is 0 Å². The largest absolute Gasteiger partial charge is 0.368 e. The Balaban J connectivity index is 1.13. The summed E-state index contributed by atoms with van der Waals surface area (Å²) in [6, 6.07) is 20.5. The maximum Gasteiger partial charge on any atom is 0.274 e. The monoisotopic (exact) mass is 469 g/mol. The molecule has 0 spiro atoms. The van der Waals surface area contributed by atoms with Gasteiger partial charge in [-0.3, -0.25) is 14.5 Å². The normalized spacial score (nSPS) is 14.5. The minimum absolute atomic E-state index is 0.113. The van der Waals surface area contributed by atoms with E-state index in [2.05, 4.69) is 62.7 Å². The van der Waals surface area contributed by atoms with Crippen molar-refractivity contribution in [3.63, 3.8) is 0 Å². The summed E-state index contributed by atoms with van der Waals surface area (Å²) in [7, 11) is 0. The maximum atomic E-state index is 12.9. The Morgan fingerprint density at radius 1 is 0.886 bits per heavy atom. The number of unbranched alkanes of at least 4 members (excludes halogenated alkanes) is 1. The number of carbonyl (C=O) groups is 1. The third-order valence-corrected chi connectivity index (χ3v) is 6.75. The smallest absolute Gasteiger partial charge is 0.274 e. The molecule has 2 heterocycles. The van der Waals surface area contributed by atoms with Crippen LogP contribution in [0.2, 0.25) is 0 Å². The number of hydrogen-bond acceptors (Lipinski definition) is 5. The average Bonchev–Trinajstić information content (AvgIpc) is 2.88. The van der Waals surface area contributed by atoms with Gasteiger partial charge in [0.2, 0.25) is 5.91 Å². The number of amides is 1. The first-order valence-corrected chi connectivity index (χ1v) is 12.3. The van der Waals surface area contributed by atoms with Gasteiger partial charge in [0, 0.05) is 61.8 Å². The summed E-state index contributed by atoms with van der Waals surface area (Å²) < 4.78 is 1.54. The van der Waals surface area contributed by atoms with E-state index in [0.717, 1.165) is 51.0 Å². The second-order valence-corrected chi connectivity index (χ2v) is 9.19. The van der Waals surface area contributed by atoms with Crippen molar-refractivity contribution in [3.8, 4) is 0 Å². The number of aromatic nitrogens is 2. The van der Waals surface area contributed by atoms with Gasteiger partial charge in [0.1, 0.15) is 0 Å². The molecule has 0 unspecified atom stereocenters. The van der Waals surface area contributed by atoms with Gasteiger partial charge in [0.25, 0.3) is 5.56 Å². The number of carbonyl (C=O) groups excluding carboxylic acids is 1. The third-order valence-electron chi connectivity index (χ3n) is 6.75. The van der Waals surface area contributed by atoms with E-state index >= 15 is 0 Å². The molecule has 1 aromatic heterocycles. The number of aryl methyl sites for hydroxylation is 1. The minimum atomic E-state index is -0.156. The summed E-state index contributed by atoms with van der Waals surface area (Å²) in [5.74, 6) is -0.156. The van der Waals surface area contributed by atoms with Gasteiger partial charge in [-0.2, -0.15) is 5.10 Å². The van der Waals surface area contributed by atoms with E-state index in [9.17, 15) is 9.59 Å². The number of nitrogens with zero attached hydrogens (tertiary/aromatic N) is 4. The topological polar surface area (TPSA) is 70.5 Å². The molecule has 0 aliphatic carbocycles. The van der Waals surface area contributed by atoms with Gasteiger partial charge >= 0.3 is 0 Å². The molecule has 7 nitrogen and oxygen atoms in total. The molecule has 7 heteroatoms. The van der Waals surface area contributed by atoms with Crippen molar-refractivity contribution in [1.82, 2.24) is 14.7 Å². The summed E-state index contributed by atoms with van der Waals surface area (Å²) in [4.78, 5) is 29.2. The van der Waals surface area contributed by atoms with Crippen molar-refractivity contribution in [1.29, 1.82) is 0 Å². The van der Waals surface area contributed by atoms with Crippen LogP contribution in [-0.4, -0.2) is 53.3 Å². The molecule has 35 heavy (non-hydrogen) atoms. The van der Waals surface area contributed by atoms with Crippen molar-refractivity contribution in [2.45, 2.75) is 26.3 Å². The van der Waals surface area contributed by atoms with Crippen LogP contribution >= 0.6 is 0 Å². The van der Waals surface area contributed by atoms with Gasteiger partial charge in [-0.25, -0.2) is 4.68 Å². The van der Waals surface area contributed by atoms with Crippen molar-refractivity contribution in [2.24, 2.45) is 0 Å². The molecule has 1 amide bonds. The van der Waals surface area contributed by atoms with Crippen molar-refractivity contribution in [2.75, 3.05) is 42.9 Å². The molecule has 1 N–H and O–H groups in total. The Labute approximate surface area is 205 Å². The zero-order valence-corrected chi connectivity index (χ0v) is 20.1. The SMILES string of the molecule is CC(=O)Nc1ccc2cnn(CCCCN3CCN(c4cccc5ccccc45)CC3)c(=O)c2c1. The molecule has 0 radical (unpaired) electrons. The highest BCUT2D eigenvalue weighted by Gasteiger charge is 2.18. The number of nitrogens with one attached hydrogen (secondary N) is 1. The van der Waals surface area contributed by atoms with Gasteiger partial charge in [-0.05, 0) is 43.0 Å². The number of hydrogen-bond donors (Lipinski definition) is 1. The second-order valence-electron chi connectivity index (χ2n) is 9.19. The summed E-state index contributed by atoms with van der Waals surface area (Å²) in [6.07, 6.45) is 3.64. The summed E-state index contributed by atoms with van der Waals surface area (Å²) in [6.45, 7) is 7.21. The maximum absolute atomic E-state index is 12.9. The molecular formula is C28H31N5O2.